The van der Waals surface area contributed by atoms with Crippen LogP contribution in [0.5, 0.6) is 0 Å². The van der Waals surface area contributed by atoms with Crippen LogP contribution in [-0.4, -0.2) is 18.3 Å². The zero-order chi connectivity index (χ0) is 7.28. The number of aliphatic imine (C=N–C) groups is 1. The van der Waals surface area contributed by atoms with Crippen molar-refractivity contribution in [3.63, 3.8) is 0 Å². The summed E-state index contributed by atoms with van der Waals surface area (Å²) in [5.74, 6) is 0. The van der Waals surface area contributed by atoms with Crippen LogP contribution in [0.1, 0.15) is 27.2 Å². The minimum Gasteiger partial charge on any atom is -0.328 e. The molecule has 1 atom stereocenters. The molecule has 0 aromatic rings. The van der Waals surface area contributed by atoms with Crippen molar-refractivity contribution in [3.05, 3.63) is 0 Å². The van der Waals surface area contributed by atoms with Gasteiger partial charge >= 0.3 is 0 Å². The molecule has 1 unspecified atom stereocenters. The quantitative estimate of drug-likeness (QED) is 0.570. The van der Waals surface area contributed by atoms with Crippen LogP contribution in [-0.2, 0) is 0 Å². The smallest absolute Gasteiger partial charge is 0.0439 e. The van der Waals surface area contributed by atoms with Crippen LogP contribution in [0.4, 0.5) is 0 Å². The molecule has 0 aromatic carbocycles. The second-order valence-electron chi connectivity index (χ2n) is 2.64. The Labute approximate surface area is 57.2 Å². The largest absolute Gasteiger partial charge is 0.328 e. The zero-order valence-electron chi connectivity index (χ0n) is 6.46. The summed E-state index contributed by atoms with van der Waals surface area (Å²) >= 11 is 0. The van der Waals surface area contributed by atoms with Crippen LogP contribution in [0, 0.1) is 0 Å². The molecule has 0 aromatic heterocycles. The fraction of sp³-hybridized carbons (Fsp3) is 0.857. The molecule has 0 aliphatic heterocycles. The van der Waals surface area contributed by atoms with Crippen molar-refractivity contribution < 1.29 is 0 Å². The van der Waals surface area contributed by atoms with Crippen LogP contribution in [0.25, 0.3) is 0 Å². The topological polar surface area (TPSA) is 38.4 Å². The summed E-state index contributed by atoms with van der Waals surface area (Å²) in [5.41, 5.74) is 5.49. The highest BCUT2D eigenvalue weighted by Gasteiger charge is 1.88. The van der Waals surface area contributed by atoms with E-state index in [0.29, 0.717) is 6.04 Å². The molecule has 2 nitrogen and oxygen atoms in total. The average Bonchev–Trinajstić information content (AvgIpc) is 1.63. The minimum atomic E-state index is 0.243. The van der Waals surface area contributed by atoms with Gasteiger partial charge in [-0.2, -0.15) is 0 Å². The number of hydrogen-bond acceptors (Lipinski definition) is 2. The number of hydrogen-bond donors (Lipinski definition) is 1. The molecule has 0 bridgehead atoms. The van der Waals surface area contributed by atoms with Crippen molar-refractivity contribution in [3.8, 4) is 0 Å². The van der Waals surface area contributed by atoms with Crippen molar-refractivity contribution in [2.45, 2.75) is 39.3 Å². The molecule has 2 N–H and O–H groups in total. The monoisotopic (exact) mass is 128 g/mol. The maximum absolute atomic E-state index is 5.49. The van der Waals surface area contributed by atoms with Crippen molar-refractivity contribution in [1.29, 1.82) is 0 Å². The second kappa shape index (κ2) is 4.50. The van der Waals surface area contributed by atoms with Crippen molar-refractivity contribution in [2.75, 3.05) is 0 Å². The Kier molecular flexibility index (Phi) is 4.32. The highest BCUT2D eigenvalue weighted by molar-refractivity contribution is 5.58. The Bertz CT molecular complexity index is 84.9. The summed E-state index contributed by atoms with van der Waals surface area (Å²) in [4.78, 5) is 4.16. The Balaban J connectivity index is 3.25. The van der Waals surface area contributed by atoms with Gasteiger partial charge in [0.1, 0.15) is 0 Å². The SMILES string of the molecule is CC(N)CC=NC(C)C. The van der Waals surface area contributed by atoms with E-state index in [-0.39, 0.29) is 6.04 Å². The molecule has 2 heteroatoms. The van der Waals surface area contributed by atoms with Gasteiger partial charge in [-0.1, -0.05) is 0 Å². The minimum absolute atomic E-state index is 0.243. The lowest BCUT2D eigenvalue weighted by atomic mass is 10.3. The van der Waals surface area contributed by atoms with E-state index in [1.807, 2.05) is 13.1 Å². The van der Waals surface area contributed by atoms with Gasteiger partial charge in [0.15, 0.2) is 0 Å². The van der Waals surface area contributed by atoms with E-state index in [4.69, 9.17) is 5.73 Å². The van der Waals surface area contributed by atoms with E-state index in [1.165, 1.54) is 0 Å². The summed E-state index contributed by atoms with van der Waals surface area (Å²) in [6.07, 6.45) is 2.79. The fourth-order valence-electron chi connectivity index (χ4n) is 0.438. The first kappa shape index (κ1) is 8.63. The van der Waals surface area contributed by atoms with E-state index in [2.05, 4.69) is 18.8 Å². The van der Waals surface area contributed by atoms with Crippen molar-refractivity contribution in [1.82, 2.24) is 0 Å². The lowest BCUT2D eigenvalue weighted by Crippen LogP contribution is -2.14. The van der Waals surface area contributed by atoms with E-state index >= 15 is 0 Å². The zero-order valence-corrected chi connectivity index (χ0v) is 6.46. The van der Waals surface area contributed by atoms with Crippen LogP contribution in [0.2, 0.25) is 0 Å². The third-order valence-corrected chi connectivity index (χ3v) is 0.881. The first-order chi connectivity index (χ1) is 4.13. The first-order valence-electron chi connectivity index (χ1n) is 3.40. The Morgan fingerprint density at radius 2 is 2.00 bits per heavy atom. The molecule has 0 rings (SSSR count). The molecule has 0 saturated carbocycles. The standard InChI is InChI=1S/C7H16N2/c1-6(2)9-5-4-7(3)8/h5-7H,4,8H2,1-3H3. The van der Waals surface area contributed by atoms with E-state index in [9.17, 15) is 0 Å². The van der Waals surface area contributed by atoms with Crippen molar-refractivity contribution >= 4 is 6.21 Å². The second-order valence-corrected chi connectivity index (χ2v) is 2.64. The molecule has 0 radical (unpaired) electrons. The van der Waals surface area contributed by atoms with Gasteiger partial charge in [0.2, 0.25) is 0 Å². The Morgan fingerprint density at radius 1 is 1.44 bits per heavy atom. The molecule has 0 saturated heterocycles. The van der Waals surface area contributed by atoms with Crippen LogP contribution < -0.4 is 5.73 Å². The van der Waals surface area contributed by atoms with Crippen LogP contribution in [0.15, 0.2) is 4.99 Å². The molecule has 0 spiro atoms. The summed E-state index contributed by atoms with van der Waals surface area (Å²) < 4.78 is 0. The van der Waals surface area contributed by atoms with Gasteiger partial charge in [0.25, 0.3) is 0 Å². The molecule has 0 fully saturated rings. The molecule has 0 amide bonds. The van der Waals surface area contributed by atoms with Crippen molar-refractivity contribution in [2.24, 2.45) is 10.7 Å². The third kappa shape index (κ3) is 7.63. The predicted octanol–water partition coefficient (Wildman–Crippen LogP) is 1.20. The molecular weight excluding hydrogens is 112 g/mol. The summed E-state index contributed by atoms with van der Waals surface area (Å²) in [6, 6.07) is 0.649. The average molecular weight is 128 g/mol. The lowest BCUT2D eigenvalue weighted by molar-refractivity contribution is 0.772. The molecule has 9 heavy (non-hydrogen) atoms. The maximum atomic E-state index is 5.49. The van der Waals surface area contributed by atoms with E-state index in [1.54, 1.807) is 0 Å². The normalized spacial score (nSPS) is 15.2. The Morgan fingerprint density at radius 3 is 2.33 bits per heavy atom. The summed E-state index contributed by atoms with van der Waals surface area (Å²) in [6.45, 7) is 6.09. The van der Waals surface area contributed by atoms with Gasteiger partial charge in [0.05, 0.1) is 0 Å². The van der Waals surface area contributed by atoms with Gasteiger partial charge in [-0.25, -0.2) is 0 Å². The Hall–Kier alpha value is -0.370. The summed E-state index contributed by atoms with van der Waals surface area (Å²) in [7, 11) is 0. The molecular formula is C7H16N2. The predicted molar refractivity (Wildman–Crippen MR) is 41.9 cm³/mol. The van der Waals surface area contributed by atoms with Gasteiger partial charge in [-0.05, 0) is 27.2 Å². The van der Waals surface area contributed by atoms with Gasteiger partial charge in [-0.15, -0.1) is 0 Å². The number of nitrogens with zero attached hydrogens (tertiary/aromatic N) is 1. The summed E-state index contributed by atoms with van der Waals surface area (Å²) in [5, 5.41) is 0. The van der Waals surface area contributed by atoms with E-state index in [0.717, 1.165) is 6.42 Å². The molecule has 0 heterocycles. The van der Waals surface area contributed by atoms with Gasteiger partial charge in [-0.3, -0.25) is 4.99 Å². The fourth-order valence-corrected chi connectivity index (χ4v) is 0.438. The lowest BCUT2D eigenvalue weighted by Gasteiger charge is -1.98. The third-order valence-electron chi connectivity index (χ3n) is 0.881. The maximum Gasteiger partial charge on any atom is 0.0439 e. The van der Waals surface area contributed by atoms with Gasteiger partial charge in [0, 0.05) is 18.3 Å². The number of nitrogens with two attached hydrogens (primary N) is 1. The molecule has 0 aliphatic carbocycles. The van der Waals surface area contributed by atoms with Gasteiger partial charge < -0.3 is 5.73 Å². The van der Waals surface area contributed by atoms with Crippen LogP contribution >= 0.6 is 0 Å². The highest BCUT2D eigenvalue weighted by atomic mass is 14.7. The van der Waals surface area contributed by atoms with Crippen LogP contribution in [0.3, 0.4) is 0 Å². The highest BCUT2D eigenvalue weighted by Crippen LogP contribution is 1.86. The molecule has 54 valence electrons. The van der Waals surface area contributed by atoms with E-state index < -0.39 is 0 Å². The first-order valence-corrected chi connectivity index (χ1v) is 3.40. The number of rotatable bonds is 3. The molecule has 0 aliphatic rings.